The molecule has 0 saturated heterocycles. The molecule has 0 aliphatic heterocycles. The van der Waals surface area contributed by atoms with Crippen LogP contribution in [-0.2, 0) is 16.4 Å². The van der Waals surface area contributed by atoms with Crippen LogP contribution in [0.25, 0.3) is 0 Å². The van der Waals surface area contributed by atoms with Crippen molar-refractivity contribution < 1.29 is 13.2 Å². The first kappa shape index (κ1) is 22.3. The van der Waals surface area contributed by atoms with Crippen molar-refractivity contribution in [3.8, 4) is 5.75 Å². The highest BCUT2D eigenvalue weighted by atomic mass is 32.2. The highest BCUT2D eigenvalue weighted by Crippen LogP contribution is 2.20. The Morgan fingerprint density at radius 2 is 1.88 bits per heavy atom. The molecule has 0 unspecified atom stereocenters. The fraction of sp³-hybridized carbons (Fsp3) is 0.632. The van der Waals surface area contributed by atoms with Crippen LogP contribution in [0.4, 0.5) is 0 Å². The number of nitrogens with one attached hydrogen (secondary N) is 1. The molecule has 0 spiro atoms. The van der Waals surface area contributed by atoms with E-state index < -0.39 is 9.84 Å². The molecule has 0 radical (unpaired) electrons. The standard InChI is InChI=1S/C19H33N3O3S/c1-7-25-17-10-8-16(9-11-17)14-22(5)18(20-4)21-15-19(2,3)12-13-26(6,23)24/h8-11H,7,12-15H2,1-6H3,(H,20,21). The minimum atomic E-state index is -2.94. The Labute approximate surface area is 158 Å². The van der Waals surface area contributed by atoms with E-state index in [1.807, 2.05) is 43.1 Å². The second-order valence-electron chi connectivity index (χ2n) is 7.38. The summed E-state index contributed by atoms with van der Waals surface area (Å²) in [6.07, 6.45) is 1.89. The first-order valence-corrected chi connectivity index (χ1v) is 10.9. The Morgan fingerprint density at radius 3 is 2.38 bits per heavy atom. The van der Waals surface area contributed by atoms with Gasteiger partial charge in [0.2, 0.25) is 0 Å². The van der Waals surface area contributed by atoms with Crippen molar-refractivity contribution in [3.05, 3.63) is 29.8 Å². The third-order valence-electron chi connectivity index (χ3n) is 4.10. The Morgan fingerprint density at radius 1 is 1.27 bits per heavy atom. The van der Waals surface area contributed by atoms with Gasteiger partial charge in [-0.2, -0.15) is 0 Å². The maximum atomic E-state index is 11.4. The smallest absolute Gasteiger partial charge is 0.193 e. The summed E-state index contributed by atoms with van der Waals surface area (Å²) in [5, 5.41) is 3.35. The van der Waals surface area contributed by atoms with E-state index in [1.54, 1.807) is 7.05 Å². The van der Waals surface area contributed by atoms with E-state index in [0.29, 0.717) is 19.6 Å². The Bertz CT molecular complexity index is 682. The summed E-state index contributed by atoms with van der Waals surface area (Å²) >= 11 is 0. The van der Waals surface area contributed by atoms with Crippen LogP contribution in [0.1, 0.15) is 32.8 Å². The minimum absolute atomic E-state index is 0.140. The topological polar surface area (TPSA) is 71.0 Å². The number of guanidine groups is 1. The van der Waals surface area contributed by atoms with Crippen LogP contribution in [0.2, 0.25) is 0 Å². The maximum absolute atomic E-state index is 11.4. The zero-order valence-corrected chi connectivity index (χ0v) is 17.7. The van der Waals surface area contributed by atoms with Gasteiger partial charge in [0.1, 0.15) is 15.6 Å². The van der Waals surface area contributed by atoms with E-state index in [1.165, 1.54) is 6.26 Å². The second-order valence-corrected chi connectivity index (χ2v) is 9.64. The highest BCUT2D eigenvalue weighted by Gasteiger charge is 2.21. The van der Waals surface area contributed by atoms with Gasteiger partial charge in [0.05, 0.1) is 12.4 Å². The molecule has 0 saturated carbocycles. The van der Waals surface area contributed by atoms with E-state index in [2.05, 4.69) is 24.2 Å². The van der Waals surface area contributed by atoms with Crippen molar-refractivity contribution in [1.82, 2.24) is 10.2 Å². The molecule has 6 nitrogen and oxygen atoms in total. The van der Waals surface area contributed by atoms with Crippen LogP contribution in [0.3, 0.4) is 0 Å². The molecule has 0 heterocycles. The van der Waals surface area contributed by atoms with Gasteiger partial charge in [-0.25, -0.2) is 8.42 Å². The average Bonchev–Trinajstić information content (AvgIpc) is 2.55. The third kappa shape index (κ3) is 8.56. The number of hydrogen-bond acceptors (Lipinski definition) is 4. The molecule has 148 valence electrons. The molecule has 1 aromatic rings. The van der Waals surface area contributed by atoms with E-state index >= 15 is 0 Å². The number of ether oxygens (including phenoxy) is 1. The van der Waals surface area contributed by atoms with Gasteiger partial charge in [-0.15, -0.1) is 0 Å². The second kappa shape index (κ2) is 9.80. The molecule has 0 aliphatic rings. The number of sulfone groups is 1. The van der Waals surface area contributed by atoms with E-state index in [9.17, 15) is 8.42 Å². The van der Waals surface area contributed by atoms with Crippen molar-refractivity contribution in [3.63, 3.8) is 0 Å². The molecular formula is C19H33N3O3S. The monoisotopic (exact) mass is 383 g/mol. The van der Waals surface area contributed by atoms with Gasteiger partial charge in [0.25, 0.3) is 0 Å². The van der Waals surface area contributed by atoms with Gasteiger partial charge >= 0.3 is 0 Å². The molecule has 0 fully saturated rings. The summed E-state index contributed by atoms with van der Waals surface area (Å²) in [5.41, 5.74) is 1.02. The first-order chi connectivity index (χ1) is 12.1. The molecule has 26 heavy (non-hydrogen) atoms. The summed E-state index contributed by atoms with van der Waals surface area (Å²) < 4.78 is 28.2. The summed E-state index contributed by atoms with van der Waals surface area (Å²) in [7, 11) is 0.787. The quantitative estimate of drug-likeness (QED) is 0.524. The third-order valence-corrected chi connectivity index (χ3v) is 5.05. The summed E-state index contributed by atoms with van der Waals surface area (Å²) in [6.45, 7) is 8.12. The number of rotatable bonds is 9. The number of hydrogen-bond donors (Lipinski definition) is 1. The van der Waals surface area contributed by atoms with Gasteiger partial charge < -0.3 is 15.0 Å². The Balaban J connectivity index is 2.59. The Hall–Kier alpha value is -1.76. The highest BCUT2D eigenvalue weighted by molar-refractivity contribution is 7.90. The molecule has 7 heteroatoms. The largest absolute Gasteiger partial charge is 0.494 e. The lowest BCUT2D eigenvalue weighted by Gasteiger charge is -2.28. The van der Waals surface area contributed by atoms with Crippen molar-refractivity contribution in [2.24, 2.45) is 10.4 Å². The number of aliphatic imine (C=N–C) groups is 1. The van der Waals surface area contributed by atoms with Gasteiger partial charge in [0, 0.05) is 33.4 Å². The number of nitrogens with zero attached hydrogens (tertiary/aromatic N) is 2. The van der Waals surface area contributed by atoms with Gasteiger partial charge in [-0.05, 0) is 36.5 Å². The Kier molecular flexibility index (Phi) is 8.40. The first-order valence-electron chi connectivity index (χ1n) is 8.87. The van der Waals surface area contributed by atoms with Crippen LogP contribution in [0, 0.1) is 5.41 Å². The van der Waals surface area contributed by atoms with E-state index in [0.717, 1.165) is 23.8 Å². The van der Waals surface area contributed by atoms with Crippen molar-refractivity contribution in [2.45, 2.75) is 33.7 Å². The van der Waals surface area contributed by atoms with Crippen LogP contribution in [0.15, 0.2) is 29.3 Å². The van der Waals surface area contributed by atoms with Gasteiger partial charge in [-0.3, -0.25) is 4.99 Å². The molecule has 0 aromatic heterocycles. The maximum Gasteiger partial charge on any atom is 0.193 e. The molecular weight excluding hydrogens is 350 g/mol. The molecule has 1 N–H and O–H groups in total. The molecule has 1 rings (SSSR count). The fourth-order valence-electron chi connectivity index (χ4n) is 2.46. The number of benzene rings is 1. The van der Waals surface area contributed by atoms with Crippen LogP contribution in [-0.4, -0.2) is 58.5 Å². The van der Waals surface area contributed by atoms with Crippen LogP contribution in [0.5, 0.6) is 5.75 Å². The molecule has 0 atom stereocenters. The summed E-state index contributed by atoms with van der Waals surface area (Å²) in [5.74, 6) is 1.85. The summed E-state index contributed by atoms with van der Waals surface area (Å²) in [6, 6.07) is 8.03. The average molecular weight is 384 g/mol. The van der Waals surface area contributed by atoms with Crippen molar-refractivity contribution in [1.29, 1.82) is 0 Å². The van der Waals surface area contributed by atoms with Gasteiger partial charge in [-0.1, -0.05) is 26.0 Å². The van der Waals surface area contributed by atoms with Crippen molar-refractivity contribution >= 4 is 15.8 Å². The SMILES string of the molecule is CCOc1ccc(CN(C)C(=NC)NCC(C)(C)CCS(C)(=O)=O)cc1. The van der Waals surface area contributed by atoms with Crippen molar-refractivity contribution in [2.75, 3.05) is 39.3 Å². The van der Waals surface area contributed by atoms with E-state index in [4.69, 9.17) is 4.74 Å². The molecule has 0 aliphatic carbocycles. The van der Waals surface area contributed by atoms with Crippen LogP contribution >= 0.6 is 0 Å². The lowest BCUT2D eigenvalue weighted by Crippen LogP contribution is -2.43. The normalized spacial score (nSPS) is 12.8. The van der Waals surface area contributed by atoms with Crippen LogP contribution < -0.4 is 10.1 Å². The fourth-order valence-corrected chi connectivity index (χ4v) is 3.38. The predicted octanol–water partition coefficient (Wildman–Crippen LogP) is 2.55. The zero-order chi connectivity index (χ0) is 19.8. The van der Waals surface area contributed by atoms with E-state index in [-0.39, 0.29) is 11.2 Å². The van der Waals surface area contributed by atoms with Gasteiger partial charge in [0.15, 0.2) is 5.96 Å². The molecule has 0 amide bonds. The summed E-state index contributed by atoms with van der Waals surface area (Å²) in [4.78, 5) is 6.38. The lowest BCUT2D eigenvalue weighted by molar-refractivity contribution is 0.338. The lowest BCUT2D eigenvalue weighted by atomic mass is 9.90. The predicted molar refractivity (Wildman–Crippen MR) is 109 cm³/mol. The molecule has 1 aromatic carbocycles. The minimum Gasteiger partial charge on any atom is -0.494 e. The molecule has 0 bridgehead atoms. The zero-order valence-electron chi connectivity index (χ0n) is 16.9.